The van der Waals surface area contributed by atoms with Crippen molar-refractivity contribution in [1.29, 1.82) is 0 Å². The zero-order chi connectivity index (χ0) is 24.1. The van der Waals surface area contributed by atoms with E-state index in [4.69, 9.17) is 9.84 Å². The van der Waals surface area contributed by atoms with E-state index in [9.17, 15) is 9.59 Å². The number of aromatic nitrogens is 4. The second kappa shape index (κ2) is 10.3. The molecule has 0 radical (unpaired) electrons. The van der Waals surface area contributed by atoms with E-state index in [1.54, 1.807) is 55.1 Å². The normalized spacial score (nSPS) is 14.9. The maximum Gasteiger partial charge on any atom is 0.338 e. The Kier molecular flexibility index (Phi) is 6.98. The standard InChI is InChI=1S/C24H26N6O4/c1-3-34-23(33)16-9-11-17(12-10-16)27-22(32)20-15(2)26-24-28-19(8-6-14-31)29-30(24)21(20)18-7-4-5-13-25-18/h4-5,7,9-13,21,31H,3,6,8,14H2,1-2H3,(H,27,32)(H,26,28,29). The number of carbonyl (C=O) groups is 2. The predicted octanol–water partition coefficient (Wildman–Crippen LogP) is 2.70. The summed E-state index contributed by atoms with van der Waals surface area (Å²) in [6.45, 7) is 3.88. The molecule has 10 nitrogen and oxygen atoms in total. The second-order valence-electron chi connectivity index (χ2n) is 7.70. The van der Waals surface area contributed by atoms with Crippen molar-refractivity contribution in [3.8, 4) is 0 Å². The molecule has 1 amide bonds. The molecular weight excluding hydrogens is 436 g/mol. The van der Waals surface area contributed by atoms with Crippen LogP contribution in [0.15, 0.2) is 59.9 Å². The fraction of sp³-hybridized carbons (Fsp3) is 0.292. The smallest absolute Gasteiger partial charge is 0.338 e. The summed E-state index contributed by atoms with van der Waals surface area (Å²) in [4.78, 5) is 34.3. The number of hydrogen-bond acceptors (Lipinski definition) is 8. The molecule has 0 saturated carbocycles. The van der Waals surface area contributed by atoms with Gasteiger partial charge in [0.1, 0.15) is 6.04 Å². The van der Waals surface area contributed by atoms with Crippen LogP contribution < -0.4 is 10.6 Å². The van der Waals surface area contributed by atoms with Crippen LogP contribution in [-0.4, -0.2) is 49.9 Å². The monoisotopic (exact) mass is 462 g/mol. The Morgan fingerprint density at radius 2 is 2.00 bits per heavy atom. The molecule has 0 spiro atoms. The molecular formula is C24H26N6O4. The van der Waals surface area contributed by atoms with Crippen molar-refractivity contribution in [2.45, 2.75) is 32.7 Å². The lowest BCUT2D eigenvalue weighted by atomic mass is 9.98. The highest BCUT2D eigenvalue weighted by atomic mass is 16.5. The number of ether oxygens (including phenoxy) is 1. The van der Waals surface area contributed by atoms with Crippen molar-refractivity contribution < 1.29 is 19.4 Å². The molecule has 10 heteroatoms. The van der Waals surface area contributed by atoms with Crippen LogP contribution in [0.2, 0.25) is 0 Å². The molecule has 3 N–H and O–H groups in total. The first-order chi connectivity index (χ1) is 16.5. The van der Waals surface area contributed by atoms with Gasteiger partial charge in [-0.3, -0.25) is 9.78 Å². The molecule has 3 aromatic rings. The summed E-state index contributed by atoms with van der Waals surface area (Å²) in [5.41, 5.74) is 2.66. The minimum Gasteiger partial charge on any atom is -0.462 e. The summed E-state index contributed by atoms with van der Waals surface area (Å²) in [7, 11) is 0. The molecule has 176 valence electrons. The maximum atomic E-state index is 13.4. The summed E-state index contributed by atoms with van der Waals surface area (Å²) in [6, 6.07) is 11.4. The molecule has 34 heavy (non-hydrogen) atoms. The average molecular weight is 463 g/mol. The molecule has 0 aliphatic carbocycles. The van der Waals surface area contributed by atoms with Gasteiger partial charge in [-0.2, -0.15) is 10.1 Å². The molecule has 3 heterocycles. The van der Waals surface area contributed by atoms with Gasteiger partial charge in [0.15, 0.2) is 5.82 Å². The highest BCUT2D eigenvalue weighted by Gasteiger charge is 2.35. The number of benzene rings is 1. The number of aliphatic hydroxyl groups excluding tert-OH is 1. The van der Waals surface area contributed by atoms with Crippen LogP contribution >= 0.6 is 0 Å². The number of rotatable bonds is 8. The van der Waals surface area contributed by atoms with E-state index in [0.717, 1.165) is 0 Å². The number of esters is 1. The van der Waals surface area contributed by atoms with Gasteiger partial charge in [0.2, 0.25) is 5.95 Å². The van der Waals surface area contributed by atoms with Crippen LogP contribution in [0.3, 0.4) is 0 Å². The van der Waals surface area contributed by atoms with Crippen molar-refractivity contribution in [3.05, 3.63) is 77.0 Å². The zero-order valence-corrected chi connectivity index (χ0v) is 19.0. The third-order valence-corrected chi connectivity index (χ3v) is 5.32. The first-order valence-electron chi connectivity index (χ1n) is 11.0. The summed E-state index contributed by atoms with van der Waals surface area (Å²) in [5.74, 6) is 0.335. The van der Waals surface area contributed by atoms with Crippen LogP contribution in [-0.2, 0) is 16.0 Å². The SMILES string of the molecule is CCOC(=O)c1ccc(NC(=O)C2=C(C)Nc3nc(CCCO)nn3C2c2ccccn2)cc1. The van der Waals surface area contributed by atoms with Crippen molar-refractivity contribution in [3.63, 3.8) is 0 Å². The van der Waals surface area contributed by atoms with E-state index in [0.29, 0.717) is 59.4 Å². The zero-order valence-electron chi connectivity index (χ0n) is 19.0. The first kappa shape index (κ1) is 23.1. The number of fused-ring (bicyclic) bond motifs is 1. The van der Waals surface area contributed by atoms with Gasteiger partial charge in [-0.15, -0.1) is 0 Å². The Morgan fingerprint density at radius 1 is 1.21 bits per heavy atom. The Labute approximate surface area is 196 Å². The molecule has 4 rings (SSSR count). The number of nitrogens with zero attached hydrogens (tertiary/aromatic N) is 4. The van der Waals surface area contributed by atoms with E-state index in [-0.39, 0.29) is 12.5 Å². The van der Waals surface area contributed by atoms with Crippen LogP contribution in [0, 0.1) is 0 Å². The Balaban J connectivity index is 1.64. The molecule has 0 bridgehead atoms. The maximum absolute atomic E-state index is 13.4. The van der Waals surface area contributed by atoms with Crippen molar-refractivity contribution in [2.75, 3.05) is 23.8 Å². The minimum absolute atomic E-state index is 0.0425. The topological polar surface area (TPSA) is 131 Å². The summed E-state index contributed by atoms with van der Waals surface area (Å²) >= 11 is 0. The molecule has 1 atom stereocenters. The van der Waals surface area contributed by atoms with Gasteiger partial charge in [0, 0.05) is 30.6 Å². The first-order valence-corrected chi connectivity index (χ1v) is 11.0. The number of nitrogens with one attached hydrogen (secondary N) is 2. The quantitative estimate of drug-likeness (QED) is 0.436. The van der Waals surface area contributed by atoms with Gasteiger partial charge < -0.3 is 20.5 Å². The number of amides is 1. The Hall–Kier alpha value is -4.05. The minimum atomic E-state index is -0.591. The van der Waals surface area contributed by atoms with E-state index in [1.807, 2.05) is 12.1 Å². The van der Waals surface area contributed by atoms with Crippen LogP contribution in [0.5, 0.6) is 0 Å². The largest absolute Gasteiger partial charge is 0.462 e. The lowest BCUT2D eigenvalue weighted by molar-refractivity contribution is -0.113. The highest BCUT2D eigenvalue weighted by Crippen LogP contribution is 2.34. The molecule has 2 aromatic heterocycles. The molecule has 0 saturated heterocycles. The third kappa shape index (κ3) is 4.81. The fourth-order valence-electron chi connectivity index (χ4n) is 3.75. The fourth-order valence-corrected chi connectivity index (χ4v) is 3.75. The Bertz CT molecular complexity index is 1200. The Morgan fingerprint density at radius 3 is 2.68 bits per heavy atom. The van der Waals surface area contributed by atoms with E-state index in [2.05, 4.69) is 25.7 Å². The van der Waals surface area contributed by atoms with E-state index >= 15 is 0 Å². The van der Waals surface area contributed by atoms with Gasteiger partial charge in [-0.05, 0) is 56.7 Å². The van der Waals surface area contributed by atoms with Gasteiger partial charge >= 0.3 is 5.97 Å². The van der Waals surface area contributed by atoms with Crippen LogP contribution in [0.4, 0.5) is 11.6 Å². The summed E-state index contributed by atoms with van der Waals surface area (Å²) in [6.07, 6.45) is 2.72. The second-order valence-corrected chi connectivity index (χ2v) is 7.70. The number of aryl methyl sites for hydroxylation is 1. The molecule has 1 unspecified atom stereocenters. The van der Waals surface area contributed by atoms with Crippen molar-refractivity contribution >= 4 is 23.5 Å². The van der Waals surface area contributed by atoms with Gasteiger partial charge in [-0.25, -0.2) is 9.48 Å². The molecule has 1 aliphatic rings. The molecule has 0 fully saturated rings. The van der Waals surface area contributed by atoms with Gasteiger partial charge in [-0.1, -0.05) is 6.07 Å². The predicted molar refractivity (Wildman–Crippen MR) is 125 cm³/mol. The number of hydrogen-bond donors (Lipinski definition) is 3. The van der Waals surface area contributed by atoms with Crippen molar-refractivity contribution in [1.82, 2.24) is 19.7 Å². The lowest BCUT2D eigenvalue weighted by Gasteiger charge is -2.28. The summed E-state index contributed by atoms with van der Waals surface area (Å²) in [5, 5.41) is 19.8. The molecule has 1 aromatic carbocycles. The highest BCUT2D eigenvalue weighted by molar-refractivity contribution is 6.06. The number of carbonyl (C=O) groups excluding carboxylic acids is 2. The average Bonchev–Trinajstić information content (AvgIpc) is 3.25. The number of allylic oxidation sites excluding steroid dienone is 1. The van der Waals surface area contributed by atoms with E-state index < -0.39 is 12.0 Å². The third-order valence-electron chi connectivity index (χ3n) is 5.32. The van der Waals surface area contributed by atoms with E-state index in [1.165, 1.54) is 0 Å². The number of pyridine rings is 1. The van der Waals surface area contributed by atoms with Crippen LogP contribution in [0.1, 0.15) is 48.2 Å². The van der Waals surface area contributed by atoms with Crippen LogP contribution in [0.25, 0.3) is 0 Å². The molecule has 1 aliphatic heterocycles. The van der Waals surface area contributed by atoms with Gasteiger partial charge in [0.05, 0.1) is 23.4 Å². The number of aliphatic hydroxyl groups is 1. The van der Waals surface area contributed by atoms with Crippen molar-refractivity contribution in [2.24, 2.45) is 0 Å². The summed E-state index contributed by atoms with van der Waals surface area (Å²) < 4.78 is 6.66. The lowest BCUT2D eigenvalue weighted by Crippen LogP contribution is -2.32. The number of anilines is 2. The van der Waals surface area contributed by atoms with Gasteiger partial charge in [0.25, 0.3) is 5.91 Å².